The highest BCUT2D eigenvalue weighted by atomic mass is 15.1. The molecule has 10 rings (SSSR count). The molecule has 1 heteroatoms. The molecule has 274 valence electrons. The van der Waals surface area contributed by atoms with Crippen molar-refractivity contribution >= 4 is 38.6 Å². The molecule has 0 N–H and O–H groups in total. The van der Waals surface area contributed by atoms with E-state index < -0.39 is 0 Å². The Balaban J connectivity index is 1.11. The van der Waals surface area contributed by atoms with Crippen molar-refractivity contribution in [1.82, 2.24) is 0 Å². The molecule has 0 unspecified atom stereocenters. The van der Waals surface area contributed by atoms with Gasteiger partial charge in [-0.15, -0.1) is 0 Å². The molecule has 0 fully saturated rings. The molecule has 1 nitrogen and oxygen atoms in total. The molecule has 0 radical (unpaired) electrons. The summed E-state index contributed by atoms with van der Waals surface area (Å²) in [5.74, 6) is 0. The Morgan fingerprint density at radius 2 is 0.772 bits per heavy atom. The van der Waals surface area contributed by atoms with E-state index in [2.05, 4.69) is 233 Å². The van der Waals surface area contributed by atoms with E-state index in [-0.39, 0.29) is 10.8 Å². The second-order valence-corrected chi connectivity index (χ2v) is 16.6. The van der Waals surface area contributed by atoms with Gasteiger partial charge < -0.3 is 4.90 Å². The SMILES string of the molecule is CC1(C)c2cccc3cc(-c4cccc(N(c5ccc(-c6ccccc6)cc5)c5ccc(-c6cccc(-c7ccccc7)c6)cc5)c4)c4cccc(c4c23)C1(C)C. The van der Waals surface area contributed by atoms with Gasteiger partial charge in [0.2, 0.25) is 0 Å². The number of anilines is 3. The van der Waals surface area contributed by atoms with Crippen molar-refractivity contribution in [3.05, 3.63) is 211 Å². The van der Waals surface area contributed by atoms with Crippen LogP contribution >= 0.6 is 0 Å². The highest BCUT2D eigenvalue weighted by Gasteiger charge is 2.45. The Morgan fingerprint density at radius 3 is 1.39 bits per heavy atom. The van der Waals surface area contributed by atoms with E-state index in [1.807, 2.05) is 0 Å². The lowest BCUT2D eigenvalue weighted by Gasteiger charge is -2.47. The minimum Gasteiger partial charge on any atom is -0.310 e. The van der Waals surface area contributed by atoms with Gasteiger partial charge in [-0.25, -0.2) is 0 Å². The first-order valence-electron chi connectivity index (χ1n) is 20.1. The van der Waals surface area contributed by atoms with Gasteiger partial charge in [-0.05, 0) is 137 Å². The predicted octanol–water partition coefficient (Wildman–Crippen LogP) is 15.7. The van der Waals surface area contributed by atoms with E-state index in [1.54, 1.807) is 0 Å². The molecule has 0 amide bonds. The first kappa shape index (κ1) is 34.8. The van der Waals surface area contributed by atoms with Crippen LogP contribution in [0, 0.1) is 0 Å². The lowest BCUT2D eigenvalue weighted by Crippen LogP contribution is -2.42. The molecule has 1 aliphatic rings. The Hall–Kier alpha value is -6.70. The summed E-state index contributed by atoms with van der Waals surface area (Å²) in [5, 5.41) is 5.42. The van der Waals surface area contributed by atoms with Crippen LogP contribution in [0.2, 0.25) is 0 Å². The molecule has 9 aromatic rings. The third-order valence-corrected chi connectivity index (χ3v) is 13.0. The summed E-state index contributed by atoms with van der Waals surface area (Å²) in [6.45, 7) is 9.67. The molecule has 0 atom stereocenters. The zero-order valence-corrected chi connectivity index (χ0v) is 33.0. The maximum Gasteiger partial charge on any atom is 0.0467 e. The van der Waals surface area contributed by atoms with Crippen molar-refractivity contribution in [2.75, 3.05) is 4.90 Å². The fourth-order valence-corrected chi connectivity index (χ4v) is 9.21. The summed E-state index contributed by atoms with van der Waals surface area (Å²) < 4.78 is 0. The van der Waals surface area contributed by atoms with Crippen LogP contribution in [0.15, 0.2) is 200 Å². The second-order valence-electron chi connectivity index (χ2n) is 16.6. The lowest BCUT2D eigenvalue weighted by molar-refractivity contribution is 0.304. The smallest absolute Gasteiger partial charge is 0.0467 e. The topological polar surface area (TPSA) is 3.24 Å². The number of benzene rings is 9. The zero-order chi connectivity index (χ0) is 38.7. The molecule has 0 aromatic heterocycles. The highest BCUT2D eigenvalue weighted by molar-refractivity contribution is 6.18. The third-order valence-electron chi connectivity index (χ3n) is 13.0. The van der Waals surface area contributed by atoms with Gasteiger partial charge in [-0.3, -0.25) is 0 Å². The van der Waals surface area contributed by atoms with Gasteiger partial charge in [0.05, 0.1) is 0 Å². The predicted molar refractivity (Wildman–Crippen MR) is 244 cm³/mol. The van der Waals surface area contributed by atoms with Crippen LogP contribution in [0.25, 0.3) is 66.1 Å². The van der Waals surface area contributed by atoms with Crippen molar-refractivity contribution in [1.29, 1.82) is 0 Å². The minimum atomic E-state index is -0.0357. The van der Waals surface area contributed by atoms with E-state index in [0.29, 0.717) is 0 Å². The first-order valence-corrected chi connectivity index (χ1v) is 20.1. The zero-order valence-electron chi connectivity index (χ0n) is 33.0. The van der Waals surface area contributed by atoms with Crippen molar-refractivity contribution in [3.63, 3.8) is 0 Å². The summed E-state index contributed by atoms with van der Waals surface area (Å²) >= 11 is 0. The van der Waals surface area contributed by atoms with E-state index >= 15 is 0 Å². The largest absolute Gasteiger partial charge is 0.310 e. The molecule has 9 aromatic carbocycles. The van der Waals surface area contributed by atoms with Crippen molar-refractivity contribution in [2.45, 2.75) is 38.5 Å². The van der Waals surface area contributed by atoms with Crippen molar-refractivity contribution in [2.24, 2.45) is 0 Å². The standard InChI is InChI=1S/C56H45N/c1-55(2)51-25-13-22-45-37-50(49-24-14-26-52(56(55,3)4)54(49)53(45)51)44-21-12-23-48(36-44)57(46-31-27-40(28-32-46)38-15-7-5-8-16-38)47-33-29-41(30-34-47)43-20-11-19-42(35-43)39-17-9-6-10-18-39/h5-37H,1-4H3. The molecule has 0 heterocycles. The average molecular weight is 732 g/mol. The Labute approximate surface area is 336 Å². The molecule has 0 saturated heterocycles. The van der Waals surface area contributed by atoms with E-state index in [0.717, 1.165) is 17.1 Å². The lowest BCUT2D eigenvalue weighted by atomic mass is 9.56. The molecule has 57 heavy (non-hydrogen) atoms. The van der Waals surface area contributed by atoms with Crippen LogP contribution in [0.4, 0.5) is 17.1 Å². The Morgan fingerprint density at radius 1 is 0.316 bits per heavy atom. The number of hydrogen-bond acceptors (Lipinski definition) is 1. The average Bonchev–Trinajstić information content (AvgIpc) is 3.26. The fraction of sp³-hybridized carbons (Fsp3) is 0.107. The van der Waals surface area contributed by atoms with Gasteiger partial charge in [0.25, 0.3) is 0 Å². The van der Waals surface area contributed by atoms with Crippen LogP contribution in [0.3, 0.4) is 0 Å². The summed E-state index contributed by atoms with van der Waals surface area (Å²) in [4.78, 5) is 2.39. The van der Waals surface area contributed by atoms with Gasteiger partial charge in [0.1, 0.15) is 0 Å². The normalized spacial score (nSPS) is 13.9. The summed E-state index contributed by atoms with van der Waals surface area (Å²) in [7, 11) is 0. The van der Waals surface area contributed by atoms with E-state index in [1.165, 1.54) is 77.2 Å². The molecular weight excluding hydrogens is 687 g/mol. The van der Waals surface area contributed by atoms with Crippen LogP contribution in [-0.4, -0.2) is 0 Å². The molecule has 0 saturated carbocycles. The van der Waals surface area contributed by atoms with Crippen molar-refractivity contribution < 1.29 is 0 Å². The maximum absolute atomic E-state index is 2.43. The van der Waals surface area contributed by atoms with Crippen LogP contribution in [0.1, 0.15) is 38.8 Å². The molecular formula is C56H45N. The number of rotatable bonds is 7. The van der Waals surface area contributed by atoms with Gasteiger partial charge in [-0.2, -0.15) is 0 Å². The maximum atomic E-state index is 2.43. The van der Waals surface area contributed by atoms with Gasteiger partial charge >= 0.3 is 0 Å². The quantitative estimate of drug-likeness (QED) is 0.148. The van der Waals surface area contributed by atoms with Crippen LogP contribution < -0.4 is 4.90 Å². The molecule has 0 bridgehead atoms. The second kappa shape index (κ2) is 13.5. The molecule has 1 aliphatic carbocycles. The Bertz CT molecular complexity index is 2920. The summed E-state index contributed by atoms with van der Waals surface area (Å²) in [6, 6.07) is 73.5. The van der Waals surface area contributed by atoms with Gasteiger partial charge in [0, 0.05) is 17.1 Å². The first-order chi connectivity index (χ1) is 27.8. The minimum absolute atomic E-state index is 0.00791. The van der Waals surface area contributed by atoms with Crippen LogP contribution in [0.5, 0.6) is 0 Å². The van der Waals surface area contributed by atoms with E-state index in [9.17, 15) is 0 Å². The summed E-state index contributed by atoms with van der Waals surface area (Å²) in [6.07, 6.45) is 0. The number of nitrogens with zero attached hydrogens (tertiary/aromatic N) is 1. The summed E-state index contributed by atoms with van der Waals surface area (Å²) in [5.41, 5.74) is 15.9. The monoisotopic (exact) mass is 731 g/mol. The molecule has 0 aliphatic heterocycles. The molecule has 0 spiro atoms. The van der Waals surface area contributed by atoms with Crippen LogP contribution in [-0.2, 0) is 10.8 Å². The van der Waals surface area contributed by atoms with Gasteiger partial charge in [-0.1, -0.05) is 179 Å². The fourth-order valence-electron chi connectivity index (χ4n) is 9.21. The van der Waals surface area contributed by atoms with Crippen molar-refractivity contribution in [3.8, 4) is 44.5 Å². The van der Waals surface area contributed by atoms with E-state index in [4.69, 9.17) is 0 Å². The highest BCUT2D eigenvalue weighted by Crippen LogP contribution is 2.55. The third kappa shape index (κ3) is 5.77. The number of hydrogen-bond donors (Lipinski definition) is 0. The van der Waals surface area contributed by atoms with Gasteiger partial charge in [0.15, 0.2) is 0 Å². The Kier molecular flexibility index (Phi) is 8.23.